The molecule has 13 heavy (non-hydrogen) atoms. The molecule has 5 heteroatoms. The second-order valence-corrected chi connectivity index (χ2v) is 6.26. The maximum atomic E-state index is 12.4. The fourth-order valence-electron chi connectivity index (χ4n) is 1.36. The van der Waals surface area contributed by atoms with Gasteiger partial charge in [0.05, 0.1) is 5.67 Å². The van der Waals surface area contributed by atoms with E-state index < -0.39 is 8.56 Å². The molecular weight excluding hydrogens is 189 g/mol. The summed E-state index contributed by atoms with van der Waals surface area (Å²) >= 11 is 0. The normalized spacial score (nSPS) is 14.5. The number of nitrogens with one attached hydrogen (secondary N) is 1. The predicted molar refractivity (Wildman–Crippen MR) is 53.2 cm³/mol. The molecule has 0 rings (SSSR count). The first kappa shape index (κ1) is 13.0. The highest BCUT2D eigenvalue weighted by molar-refractivity contribution is 6.67. The molecule has 0 aliphatic carbocycles. The third-order valence-corrected chi connectivity index (χ3v) is 5.54. The van der Waals surface area contributed by atoms with E-state index >= 15 is 0 Å². The van der Waals surface area contributed by atoms with Crippen LogP contribution in [0.15, 0.2) is 0 Å². The quantitative estimate of drug-likeness (QED) is 0.513. The molecule has 0 heterocycles. The van der Waals surface area contributed by atoms with Crippen molar-refractivity contribution in [2.24, 2.45) is 0 Å². The van der Waals surface area contributed by atoms with Crippen LogP contribution >= 0.6 is 0 Å². The maximum Gasteiger partial charge on any atom is 0.355 e. The van der Waals surface area contributed by atoms with Crippen molar-refractivity contribution in [2.75, 3.05) is 13.2 Å². The van der Waals surface area contributed by atoms with Crippen LogP contribution in [-0.2, 0) is 8.85 Å². The van der Waals surface area contributed by atoms with Crippen molar-refractivity contribution >= 4 is 8.56 Å². The lowest BCUT2D eigenvalue weighted by atomic mass is 10.5. The molecule has 0 aliphatic heterocycles. The Bertz CT molecular complexity index is 127. The number of hydrogen-bond acceptors (Lipinski definition) is 3. The molecule has 1 N–H and O–H groups in total. The first-order valence-electron chi connectivity index (χ1n) is 4.78. The molecule has 0 aromatic rings. The standard InChI is InChI=1S/C8H20FNO2Si/c1-5-8(10-9)13(4,11-6-2)12-7-3/h8,10H,5-7H2,1-4H3. The van der Waals surface area contributed by atoms with Crippen LogP contribution in [0.25, 0.3) is 0 Å². The first-order valence-corrected chi connectivity index (χ1v) is 7.18. The second-order valence-electron chi connectivity index (χ2n) is 2.95. The van der Waals surface area contributed by atoms with E-state index in [-0.39, 0.29) is 5.67 Å². The lowest BCUT2D eigenvalue weighted by Gasteiger charge is -2.31. The summed E-state index contributed by atoms with van der Waals surface area (Å²) in [5, 5.41) is 0. The lowest BCUT2D eigenvalue weighted by molar-refractivity contribution is 0.154. The van der Waals surface area contributed by atoms with Gasteiger partial charge in [0.25, 0.3) is 0 Å². The molecule has 0 aromatic carbocycles. The van der Waals surface area contributed by atoms with Crippen LogP contribution in [0.2, 0.25) is 6.55 Å². The predicted octanol–water partition coefficient (Wildman–Crippen LogP) is 1.92. The summed E-state index contributed by atoms with van der Waals surface area (Å²) in [6.07, 6.45) is 0.680. The Morgan fingerprint density at radius 2 is 1.69 bits per heavy atom. The van der Waals surface area contributed by atoms with Gasteiger partial charge in [-0.3, -0.25) is 0 Å². The van der Waals surface area contributed by atoms with Gasteiger partial charge in [0, 0.05) is 13.2 Å². The highest BCUT2D eigenvalue weighted by Crippen LogP contribution is 2.15. The first-order chi connectivity index (χ1) is 6.14. The molecule has 0 saturated carbocycles. The van der Waals surface area contributed by atoms with Crippen LogP contribution in [-0.4, -0.2) is 27.4 Å². The lowest BCUT2D eigenvalue weighted by Crippen LogP contribution is -2.55. The van der Waals surface area contributed by atoms with Gasteiger partial charge in [0.2, 0.25) is 0 Å². The van der Waals surface area contributed by atoms with Gasteiger partial charge in [-0.1, -0.05) is 6.92 Å². The minimum Gasteiger partial charge on any atom is -0.394 e. The molecular formula is C8H20FNO2Si. The Hall–Kier alpha value is 0.0269. The van der Waals surface area contributed by atoms with Gasteiger partial charge in [-0.2, -0.15) is 5.54 Å². The van der Waals surface area contributed by atoms with E-state index in [1.807, 2.05) is 27.3 Å². The third-order valence-electron chi connectivity index (χ3n) is 2.03. The van der Waals surface area contributed by atoms with Crippen LogP contribution in [0.3, 0.4) is 0 Å². The zero-order chi connectivity index (χ0) is 10.3. The minimum absolute atomic E-state index is 0.285. The van der Waals surface area contributed by atoms with E-state index in [2.05, 4.69) is 0 Å². The summed E-state index contributed by atoms with van der Waals surface area (Å²) in [5.74, 6) is 0. The Labute approximate surface area is 80.8 Å². The molecule has 0 amide bonds. The molecule has 0 saturated heterocycles. The highest BCUT2D eigenvalue weighted by Gasteiger charge is 2.40. The van der Waals surface area contributed by atoms with E-state index in [1.54, 1.807) is 5.54 Å². The van der Waals surface area contributed by atoms with Crippen molar-refractivity contribution in [3.05, 3.63) is 0 Å². The largest absolute Gasteiger partial charge is 0.394 e. The summed E-state index contributed by atoms with van der Waals surface area (Å²) in [7, 11) is -2.36. The molecule has 0 bridgehead atoms. The van der Waals surface area contributed by atoms with Crippen molar-refractivity contribution in [3.8, 4) is 0 Å². The summed E-state index contributed by atoms with van der Waals surface area (Å²) < 4.78 is 23.5. The average molecular weight is 209 g/mol. The third kappa shape index (κ3) is 3.72. The Morgan fingerprint density at radius 3 is 1.92 bits per heavy atom. The smallest absolute Gasteiger partial charge is 0.355 e. The van der Waals surface area contributed by atoms with E-state index in [1.165, 1.54) is 0 Å². The monoisotopic (exact) mass is 209 g/mol. The van der Waals surface area contributed by atoms with Gasteiger partial charge < -0.3 is 8.85 Å². The topological polar surface area (TPSA) is 30.5 Å². The van der Waals surface area contributed by atoms with Gasteiger partial charge >= 0.3 is 8.56 Å². The fourth-order valence-corrected chi connectivity index (χ4v) is 3.93. The van der Waals surface area contributed by atoms with Crippen molar-refractivity contribution in [1.82, 2.24) is 5.54 Å². The van der Waals surface area contributed by atoms with E-state index in [4.69, 9.17) is 8.85 Å². The molecule has 1 unspecified atom stereocenters. The maximum absolute atomic E-state index is 12.4. The van der Waals surface area contributed by atoms with Crippen LogP contribution in [0, 0.1) is 0 Å². The summed E-state index contributed by atoms with van der Waals surface area (Å²) in [5.41, 5.74) is 1.49. The molecule has 0 radical (unpaired) electrons. The number of halogens is 1. The Kier molecular flexibility index (Phi) is 6.49. The van der Waals surface area contributed by atoms with E-state index in [9.17, 15) is 4.48 Å². The van der Waals surface area contributed by atoms with Crippen molar-refractivity contribution in [2.45, 2.75) is 39.4 Å². The van der Waals surface area contributed by atoms with Crippen molar-refractivity contribution in [3.63, 3.8) is 0 Å². The van der Waals surface area contributed by atoms with Gasteiger partial charge in [0.15, 0.2) is 0 Å². The average Bonchev–Trinajstić information content (AvgIpc) is 2.07. The van der Waals surface area contributed by atoms with E-state index in [0.717, 1.165) is 0 Å². The van der Waals surface area contributed by atoms with Gasteiger partial charge in [-0.15, -0.1) is 4.48 Å². The number of rotatable bonds is 7. The summed E-state index contributed by atoms with van der Waals surface area (Å²) in [6.45, 7) is 8.74. The summed E-state index contributed by atoms with van der Waals surface area (Å²) in [6, 6.07) is 0. The Balaban J connectivity index is 4.33. The molecule has 0 fully saturated rings. The zero-order valence-electron chi connectivity index (χ0n) is 8.89. The molecule has 0 spiro atoms. The van der Waals surface area contributed by atoms with Crippen LogP contribution < -0.4 is 5.54 Å². The molecule has 3 nitrogen and oxygen atoms in total. The fraction of sp³-hybridized carbons (Fsp3) is 1.00. The van der Waals surface area contributed by atoms with Crippen LogP contribution in [0.5, 0.6) is 0 Å². The zero-order valence-corrected chi connectivity index (χ0v) is 9.89. The van der Waals surface area contributed by atoms with Crippen LogP contribution in [0.1, 0.15) is 27.2 Å². The number of hydrogen-bond donors (Lipinski definition) is 1. The van der Waals surface area contributed by atoms with Crippen molar-refractivity contribution in [1.29, 1.82) is 0 Å². The van der Waals surface area contributed by atoms with Gasteiger partial charge in [0.1, 0.15) is 0 Å². The molecule has 80 valence electrons. The highest BCUT2D eigenvalue weighted by atomic mass is 28.4. The van der Waals surface area contributed by atoms with Gasteiger partial charge in [-0.25, -0.2) is 0 Å². The second kappa shape index (κ2) is 6.48. The van der Waals surface area contributed by atoms with Crippen molar-refractivity contribution < 1.29 is 13.3 Å². The van der Waals surface area contributed by atoms with Crippen LogP contribution in [0.4, 0.5) is 4.48 Å². The molecule has 0 aromatic heterocycles. The Morgan fingerprint density at radius 1 is 1.23 bits per heavy atom. The minimum atomic E-state index is -2.36. The molecule has 1 atom stereocenters. The molecule has 0 aliphatic rings. The van der Waals surface area contributed by atoms with Gasteiger partial charge in [-0.05, 0) is 26.8 Å². The summed E-state index contributed by atoms with van der Waals surface area (Å²) in [4.78, 5) is 0. The SMILES string of the molecule is CCO[Si](C)(OCC)C(CC)NF. The van der Waals surface area contributed by atoms with E-state index in [0.29, 0.717) is 19.6 Å².